The van der Waals surface area contributed by atoms with Crippen molar-refractivity contribution < 1.29 is 23.1 Å². The number of benzene rings is 2. The van der Waals surface area contributed by atoms with Crippen molar-refractivity contribution in [2.75, 3.05) is 0 Å². The van der Waals surface area contributed by atoms with Crippen LogP contribution in [0.25, 0.3) is 16.9 Å². The van der Waals surface area contributed by atoms with Gasteiger partial charge in [0.15, 0.2) is 5.69 Å². The molecule has 0 saturated heterocycles. The van der Waals surface area contributed by atoms with Gasteiger partial charge in [-0.2, -0.15) is 5.10 Å². The number of hydrogen-bond donors (Lipinski definition) is 2. The van der Waals surface area contributed by atoms with Crippen molar-refractivity contribution in [3.8, 4) is 22.7 Å². The monoisotopic (exact) mass is 609 g/mol. The number of amides is 1. The third-order valence-corrected chi connectivity index (χ3v) is 12.8. The van der Waals surface area contributed by atoms with Crippen molar-refractivity contribution in [1.29, 1.82) is 0 Å². The fourth-order valence-electron chi connectivity index (χ4n) is 4.47. The highest BCUT2D eigenvalue weighted by molar-refractivity contribution is 6.74. The highest BCUT2D eigenvalue weighted by Gasteiger charge is 2.39. The van der Waals surface area contributed by atoms with Gasteiger partial charge in [0.2, 0.25) is 14.2 Å². The molecule has 216 valence electrons. The van der Waals surface area contributed by atoms with Gasteiger partial charge in [-0.25, -0.2) is 13.5 Å². The van der Waals surface area contributed by atoms with E-state index in [1.165, 1.54) is 4.68 Å². The second-order valence-electron chi connectivity index (χ2n) is 11.8. The maximum Gasteiger partial charge on any atom is 0.272 e. The molecule has 1 amide bonds. The molecule has 3 aromatic rings. The summed E-state index contributed by atoms with van der Waals surface area (Å²) in [4.78, 5) is 13.4. The molecule has 0 spiro atoms. The molecule has 0 radical (unpaired) electrons. The zero-order chi connectivity index (χ0) is 29.5. The first-order chi connectivity index (χ1) is 18.6. The van der Waals surface area contributed by atoms with Crippen molar-refractivity contribution >= 4 is 37.4 Å². The number of carbonyl (C=O) groups is 1. The number of nitrogens with zero attached hydrogens (tertiary/aromatic N) is 2. The molecule has 2 N–H and O–H groups in total. The molecule has 0 atom stereocenters. The molecule has 0 bridgehead atoms. The average Bonchev–Trinajstić information content (AvgIpc) is 3.24. The van der Waals surface area contributed by atoms with Gasteiger partial charge in [0, 0.05) is 35.0 Å². The van der Waals surface area contributed by atoms with Crippen LogP contribution in [0, 0.1) is 0 Å². The average molecular weight is 611 g/mol. The molecular formula is C29H35Cl2F2N3O3Si. The van der Waals surface area contributed by atoms with E-state index < -0.39 is 32.8 Å². The molecule has 40 heavy (non-hydrogen) atoms. The Morgan fingerprint density at radius 2 is 1.77 bits per heavy atom. The van der Waals surface area contributed by atoms with Gasteiger partial charge < -0.3 is 14.8 Å². The third-order valence-electron chi connectivity index (χ3n) is 7.85. The van der Waals surface area contributed by atoms with Crippen LogP contribution >= 0.6 is 23.2 Å². The van der Waals surface area contributed by atoms with Crippen LogP contribution < -0.4 is 9.74 Å². The zero-order valence-electron chi connectivity index (χ0n) is 23.3. The zero-order valence-corrected chi connectivity index (χ0v) is 25.8. The molecule has 1 fully saturated rings. The van der Waals surface area contributed by atoms with E-state index in [9.17, 15) is 18.7 Å². The van der Waals surface area contributed by atoms with E-state index >= 15 is 0 Å². The van der Waals surface area contributed by atoms with Crippen LogP contribution in [0.2, 0.25) is 28.2 Å². The molecule has 1 aromatic heterocycles. The second kappa shape index (κ2) is 11.4. The number of halogens is 4. The van der Waals surface area contributed by atoms with Gasteiger partial charge >= 0.3 is 0 Å². The van der Waals surface area contributed by atoms with Crippen molar-refractivity contribution in [2.24, 2.45) is 0 Å². The number of alkyl halides is 2. The number of aromatic nitrogens is 2. The lowest BCUT2D eigenvalue weighted by molar-refractivity contribution is -0.0399. The summed E-state index contributed by atoms with van der Waals surface area (Å²) in [6, 6.07) is 11.9. The molecule has 0 unspecified atom stereocenters. The Morgan fingerprint density at radius 1 is 1.15 bits per heavy atom. The lowest BCUT2D eigenvalue weighted by Crippen LogP contribution is -2.43. The topological polar surface area (TPSA) is 76.4 Å². The first kappa shape index (κ1) is 30.5. The summed E-state index contributed by atoms with van der Waals surface area (Å²) in [6.07, 6.45) is -0.235. The van der Waals surface area contributed by atoms with E-state index in [0.717, 1.165) is 5.75 Å². The summed E-state index contributed by atoms with van der Waals surface area (Å²) >= 11 is 12.7. The Labute approximate surface area is 244 Å². The van der Waals surface area contributed by atoms with Gasteiger partial charge in [-0.15, -0.1) is 0 Å². The van der Waals surface area contributed by atoms with Gasteiger partial charge in [-0.05, 0) is 73.4 Å². The third kappa shape index (κ3) is 6.54. The molecule has 4 rings (SSSR count). The van der Waals surface area contributed by atoms with E-state index in [4.69, 9.17) is 27.6 Å². The second-order valence-corrected chi connectivity index (χ2v) is 17.4. The molecule has 6 nitrogen and oxygen atoms in total. The number of hydrogen-bond acceptors (Lipinski definition) is 4. The number of aliphatic hydroxyl groups is 1. The Kier molecular flexibility index (Phi) is 8.71. The number of aliphatic hydroxyl groups excluding tert-OH is 1. The van der Waals surface area contributed by atoms with E-state index in [0.29, 0.717) is 32.6 Å². The highest BCUT2D eigenvalue weighted by atomic mass is 35.5. The Morgan fingerprint density at radius 3 is 2.33 bits per heavy atom. The normalized spacial score (nSPS) is 16.1. The SMILES string of the molecule is CC(C)(C)[Si](C)(C)Oc1ccc(-c2c(CO)c(C(=O)NC3CCC(F)(F)CC3)nn2-c2ccc(Cl)cc2Cl)cc1. The van der Waals surface area contributed by atoms with Crippen molar-refractivity contribution in [1.82, 2.24) is 15.1 Å². The summed E-state index contributed by atoms with van der Waals surface area (Å²) < 4.78 is 35.2. The molecule has 1 saturated carbocycles. The number of nitrogens with one attached hydrogen (secondary N) is 1. The molecule has 1 heterocycles. The number of rotatable bonds is 7. The van der Waals surface area contributed by atoms with Crippen LogP contribution in [0.3, 0.4) is 0 Å². The molecule has 1 aliphatic rings. The minimum atomic E-state index is -2.71. The Bertz CT molecular complexity index is 1380. The summed E-state index contributed by atoms with van der Waals surface area (Å²) in [6.45, 7) is 10.4. The van der Waals surface area contributed by atoms with Crippen LogP contribution in [0.4, 0.5) is 8.78 Å². The quantitative estimate of drug-likeness (QED) is 0.266. The van der Waals surface area contributed by atoms with Crippen LogP contribution in [0.1, 0.15) is 62.5 Å². The summed E-state index contributed by atoms with van der Waals surface area (Å²) in [5.41, 5.74) is 1.92. The minimum absolute atomic E-state index is 0.00227. The molecule has 11 heteroatoms. The van der Waals surface area contributed by atoms with Crippen molar-refractivity contribution in [3.05, 3.63) is 63.8 Å². The van der Waals surface area contributed by atoms with Crippen molar-refractivity contribution in [3.63, 3.8) is 0 Å². The van der Waals surface area contributed by atoms with Crippen LogP contribution in [-0.4, -0.2) is 41.1 Å². The fraction of sp³-hybridized carbons (Fsp3) is 0.448. The summed E-state index contributed by atoms with van der Waals surface area (Å²) in [5.74, 6) is -2.52. The highest BCUT2D eigenvalue weighted by Crippen LogP contribution is 2.39. The molecular weight excluding hydrogens is 575 g/mol. The van der Waals surface area contributed by atoms with E-state index in [2.05, 4.69) is 44.3 Å². The Hall–Kier alpha value is -2.46. The van der Waals surface area contributed by atoms with Gasteiger partial charge in [0.25, 0.3) is 5.91 Å². The van der Waals surface area contributed by atoms with Gasteiger partial charge in [0.05, 0.1) is 23.0 Å². The molecule has 0 aliphatic heterocycles. The van der Waals surface area contributed by atoms with E-state index in [-0.39, 0.29) is 36.4 Å². The maximum atomic E-state index is 13.6. The standard InChI is InChI=1S/C29H35Cl2F2N3O3Si/c1-28(2,3)40(4,5)39-21-9-6-18(7-10-21)26-22(17-37)25(27(38)34-20-12-14-29(32,33)15-13-20)35-36(26)24-11-8-19(30)16-23(24)31/h6-11,16,20,37H,12-15,17H2,1-5H3,(H,34,38). The minimum Gasteiger partial charge on any atom is -0.544 e. The lowest BCUT2D eigenvalue weighted by Gasteiger charge is -2.36. The largest absolute Gasteiger partial charge is 0.544 e. The summed E-state index contributed by atoms with van der Waals surface area (Å²) in [7, 11) is -2.07. The lowest BCUT2D eigenvalue weighted by atomic mass is 9.92. The fourth-order valence-corrected chi connectivity index (χ4v) is 5.99. The van der Waals surface area contributed by atoms with Gasteiger partial charge in [0.1, 0.15) is 5.75 Å². The molecule has 1 aliphatic carbocycles. The predicted octanol–water partition coefficient (Wildman–Crippen LogP) is 8.03. The number of carbonyl (C=O) groups excluding carboxylic acids is 1. The molecule has 2 aromatic carbocycles. The smallest absolute Gasteiger partial charge is 0.272 e. The predicted molar refractivity (Wildman–Crippen MR) is 157 cm³/mol. The van der Waals surface area contributed by atoms with Crippen LogP contribution in [0.15, 0.2) is 42.5 Å². The first-order valence-electron chi connectivity index (χ1n) is 13.3. The van der Waals surface area contributed by atoms with Gasteiger partial charge in [-0.3, -0.25) is 4.79 Å². The van der Waals surface area contributed by atoms with Crippen LogP contribution in [-0.2, 0) is 6.61 Å². The van der Waals surface area contributed by atoms with E-state index in [1.54, 1.807) is 18.2 Å². The van der Waals surface area contributed by atoms with Gasteiger partial charge in [-0.1, -0.05) is 44.0 Å². The van der Waals surface area contributed by atoms with Crippen LogP contribution in [0.5, 0.6) is 5.75 Å². The summed E-state index contributed by atoms with van der Waals surface area (Å²) in [5, 5.41) is 18.6. The first-order valence-corrected chi connectivity index (χ1v) is 16.9. The van der Waals surface area contributed by atoms with Crippen molar-refractivity contribution in [2.45, 2.75) is 83.2 Å². The maximum absolute atomic E-state index is 13.6. The Balaban J connectivity index is 1.75. The van der Waals surface area contributed by atoms with E-state index in [1.807, 2.05) is 24.3 Å².